The molecule has 0 atom stereocenters. The van der Waals surface area contributed by atoms with Crippen LogP contribution in [0.15, 0.2) is 53.6 Å². The normalized spacial score (nSPS) is 10.6. The molecule has 0 unspecified atom stereocenters. The van der Waals surface area contributed by atoms with Gasteiger partial charge in [-0.1, -0.05) is 23.8 Å². The predicted octanol–water partition coefficient (Wildman–Crippen LogP) is 2.56. The van der Waals surface area contributed by atoms with Crippen molar-refractivity contribution in [3.8, 4) is 0 Å². The van der Waals surface area contributed by atoms with Crippen LogP contribution in [0.25, 0.3) is 5.65 Å². The highest BCUT2D eigenvalue weighted by Crippen LogP contribution is 2.09. The van der Waals surface area contributed by atoms with Gasteiger partial charge in [-0.15, -0.1) is 0 Å². The summed E-state index contributed by atoms with van der Waals surface area (Å²) in [6.07, 6.45) is 3.04. The average molecular weight is 293 g/mol. The monoisotopic (exact) mass is 293 g/mol. The lowest BCUT2D eigenvalue weighted by Gasteiger charge is -2.08. The second-order valence-electron chi connectivity index (χ2n) is 5.19. The number of aromatic nitrogens is 2. The van der Waals surface area contributed by atoms with Crippen molar-refractivity contribution in [2.75, 3.05) is 5.32 Å². The van der Waals surface area contributed by atoms with Crippen LogP contribution in [0.4, 0.5) is 5.69 Å². The Labute approximate surface area is 127 Å². The minimum Gasteiger partial charge on any atom is -0.316 e. The lowest BCUT2D eigenvalue weighted by molar-refractivity contribution is 0.102. The molecular formula is C17H15N3O2. The van der Waals surface area contributed by atoms with Crippen molar-refractivity contribution in [1.82, 2.24) is 9.38 Å². The van der Waals surface area contributed by atoms with Gasteiger partial charge in [-0.3, -0.25) is 14.0 Å². The van der Waals surface area contributed by atoms with Crippen LogP contribution in [0.2, 0.25) is 0 Å². The molecule has 0 aliphatic carbocycles. The molecule has 22 heavy (non-hydrogen) atoms. The molecule has 0 fully saturated rings. The van der Waals surface area contributed by atoms with E-state index < -0.39 is 0 Å². The fraction of sp³-hybridized carbons (Fsp3) is 0.118. The van der Waals surface area contributed by atoms with E-state index in [-0.39, 0.29) is 17.2 Å². The van der Waals surface area contributed by atoms with E-state index in [1.807, 2.05) is 26.0 Å². The number of aryl methyl sites for hydroxylation is 2. The number of nitrogens with one attached hydrogen (secondary N) is 1. The average Bonchev–Trinajstić information content (AvgIpc) is 2.50. The molecular weight excluding hydrogens is 278 g/mol. The number of amides is 1. The molecule has 1 aromatic carbocycles. The number of carbonyl (C=O) groups excluding carboxylic acids is 1. The summed E-state index contributed by atoms with van der Waals surface area (Å²) in [5, 5.41) is 2.63. The van der Waals surface area contributed by atoms with Crippen LogP contribution in [0.5, 0.6) is 0 Å². The molecule has 0 bridgehead atoms. The molecule has 110 valence electrons. The highest BCUT2D eigenvalue weighted by Gasteiger charge is 2.11. The van der Waals surface area contributed by atoms with Crippen LogP contribution in [0.1, 0.15) is 21.5 Å². The van der Waals surface area contributed by atoms with Crippen LogP contribution in [-0.4, -0.2) is 15.3 Å². The third-order valence-corrected chi connectivity index (χ3v) is 3.46. The topological polar surface area (TPSA) is 63.5 Å². The number of pyridine rings is 1. The third kappa shape index (κ3) is 2.48. The number of hydrogen-bond donors (Lipinski definition) is 1. The Hall–Kier alpha value is -2.95. The van der Waals surface area contributed by atoms with Crippen molar-refractivity contribution in [3.05, 3.63) is 75.8 Å². The molecule has 0 radical (unpaired) electrons. The van der Waals surface area contributed by atoms with Gasteiger partial charge in [0.05, 0.1) is 6.20 Å². The van der Waals surface area contributed by atoms with Gasteiger partial charge in [0.2, 0.25) is 0 Å². The zero-order valence-electron chi connectivity index (χ0n) is 12.3. The van der Waals surface area contributed by atoms with E-state index in [4.69, 9.17) is 0 Å². The molecule has 1 amide bonds. The molecule has 3 rings (SSSR count). The van der Waals surface area contributed by atoms with E-state index in [9.17, 15) is 9.59 Å². The Bertz CT molecular complexity index is 929. The quantitative estimate of drug-likeness (QED) is 0.790. The summed E-state index contributed by atoms with van der Waals surface area (Å²) in [6, 6.07) is 10.8. The van der Waals surface area contributed by atoms with Gasteiger partial charge >= 0.3 is 0 Å². The smallest absolute Gasteiger partial charge is 0.281 e. The minimum atomic E-state index is -0.324. The van der Waals surface area contributed by atoms with Gasteiger partial charge in [0.25, 0.3) is 11.5 Å². The van der Waals surface area contributed by atoms with Gasteiger partial charge in [-0.2, -0.15) is 0 Å². The molecule has 0 aliphatic heterocycles. The molecule has 5 nitrogen and oxygen atoms in total. The number of hydrogen-bond acceptors (Lipinski definition) is 3. The zero-order chi connectivity index (χ0) is 15.7. The van der Waals surface area contributed by atoms with Gasteiger partial charge in [0.1, 0.15) is 11.3 Å². The zero-order valence-corrected chi connectivity index (χ0v) is 12.3. The SMILES string of the molecule is Cc1cccc(C(=O)Nc2cnc3c(C)cccn3c2=O)c1. The lowest BCUT2D eigenvalue weighted by Crippen LogP contribution is -2.23. The number of carbonyl (C=O) groups is 1. The van der Waals surface area contributed by atoms with Crippen LogP contribution in [-0.2, 0) is 0 Å². The molecule has 0 aliphatic rings. The van der Waals surface area contributed by atoms with E-state index in [0.717, 1.165) is 11.1 Å². The Morgan fingerprint density at radius 3 is 2.77 bits per heavy atom. The van der Waals surface area contributed by atoms with Crippen molar-refractivity contribution < 1.29 is 4.79 Å². The molecule has 5 heteroatoms. The summed E-state index contributed by atoms with van der Waals surface area (Å²) in [6.45, 7) is 3.79. The van der Waals surface area contributed by atoms with Crippen molar-refractivity contribution >= 4 is 17.2 Å². The van der Waals surface area contributed by atoms with Crippen molar-refractivity contribution in [2.45, 2.75) is 13.8 Å². The highest BCUT2D eigenvalue weighted by molar-refractivity contribution is 6.04. The molecule has 0 spiro atoms. The van der Waals surface area contributed by atoms with E-state index in [2.05, 4.69) is 10.3 Å². The molecule has 0 saturated carbocycles. The summed E-state index contributed by atoms with van der Waals surface area (Å²) in [5.74, 6) is -0.324. The number of anilines is 1. The van der Waals surface area contributed by atoms with Gasteiger partial charge in [-0.05, 0) is 37.6 Å². The fourth-order valence-electron chi connectivity index (χ4n) is 2.31. The van der Waals surface area contributed by atoms with E-state index >= 15 is 0 Å². The van der Waals surface area contributed by atoms with Crippen LogP contribution < -0.4 is 10.9 Å². The van der Waals surface area contributed by atoms with Crippen LogP contribution >= 0.6 is 0 Å². The summed E-state index contributed by atoms with van der Waals surface area (Å²) in [4.78, 5) is 28.9. The standard InChI is InChI=1S/C17H15N3O2/c1-11-5-3-7-13(9-11)16(21)19-14-10-18-15-12(2)6-4-8-20(15)17(14)22/h3-10H,1-2H3,(H,19,21). The first kappa shape index (κ1) is 14.0. The summed E-state index contributed by atoms with van der Waals surface area (Å²) < 4.78 is 1.43. The predicted molar refractivity (Wildman–Crippen MR) is 85.3 cm³/mol. The fourth-order valence-corrected chi connectivity index (χ4v) is 2.31. The summed E-state index contributed by atoms with van der Waals surface area (Å²) >= 11 is 0. The van der Waals surface area contributed by atoms with E-state index in [1.54, 1.807) is 30.5 Å². The van der Waals surface area contributed by atoms with Gasteiger partial charge in [0.15, 0.2) is 0 Å². The van der Waals surface area contributed by atoms with Crippen molar-refractivity contribution in [3.63, 3.8) is 0 Å². The maximum Gasteiger partial charge on any atom is 0.281 e. The molecule has 2 heterocycles. The molecule has 0 saturated heterocycles. The van der Waals surface area contributed by atoms with Crippen LogP contribution in [0, 0.1) is 13.8 Å². The molecule has 1 N–H and O–H groups in total. The first-order chi connectivity index (χ1) is 10.6. The second kappa shape index (κ2) is 5.44. The Morgan fingerprint density at radius 2 is 2.00 bits per heavy atom. The van der Waals surface area contributed by atoms with Gasteiger partial charge in [-0.25, -0.2) is 4.98 Å². The third-order valence-electron chi connectivity index (χ3n) is 3.46. The largest absolute Gasteiger partial charge is 0.316 e. The first-order valence-corrected chi connectivity index (χ1v) is 6.91. The number of nitrogens with zero attached hydrogens (tertiary/aromatic N) is 2. The first-order valence-electron chi connectivity index (χ1n) is 6.91. The lowest BCUT2D eigenvalue weighted by atomic mass is 10.1. The molecule has 3 aromatic rings. The Morgan fingerprint density at radius 1 is 1.18 bits per heavy atom. The van der Waals surface area contributed by atoms with Crippen LogP contribution in [0.3, 0.4) is 0 Å². The van der Waals surface area contributed by atoms with Gasteiger partial charge < -0.3 is 5.32 Å². The summed E-state index contributed by atoms with van der Waals surface area (Å²) in [5.41, 5.74) is 2.84. The van der Waals surface area contributed by atoms with Gasteiger partial charge in [0, 0.05) is 11.8 Å². The highest BCUT2D eigenvalue weighted by atomic mass is 16.2. The maximum absolute atomic E-state index is 12.4. The van der Waals surface area contributed by atoms with E-state index in [0.29, 0.717) is 11.2 Å². The van der Waals surface area contributed by atoms with E-state index in [1.165, 1.54) is 10.6 Å². The maximum atomic E-state index is 12.4. The van der Waals surface area contributed by atoms with Crippen molar-refractivity contribution in [1.29, 1.82) is 0 Å². The number of fused-ring (bicyclic) bond motifs is 1. The Kier molecular flexibility index (Phi) is 3.47. The minimum absolute atomic E-state index is 0.162. The Balaban J connectivity index is 2.00. The second-order valence-corrected chi connectivity index (χ2v) is 5.19. The van der Waals surface area contributed by atoms with Crippen molar-refractivity contribution in [2.24, 2.45) is 0 Å². The molecule has 2 aromatic heterocycles. The summed E-state index contributed by atoms with van der Waals surface area (Å²) in [7, 11) is 0. The number of rotatable bonds is 2. The number of benzene rings is 1.